The first kappa shape index (κ1) is 18.3. The third kappa shape index (κ3) is 3.30. The predicted molar refractivity (Wildman–Crippen MR) is 108 cm³/mol. The standard InChI is InChI=1S/C22H25N3O3/c1-23(2)19-10-6-9-18(13-19)20(26)24-11-12-25-21(27)28-16-22(25,15-24)14-17-7-4-3-5-8-17/h3-10,13H,11-12,14-16H2,1-2H3. The smallest absolute Gasteiger partial charge is 0.410 e. The first-order valence-electron chi connectivity index (χ1n) is 9.53. The zero-order chi connectivity index (χ0) is 19.7. The maximum absolute atomic E-state index is 13.2. The zero-order valence-electron chi connectivity index (χ0n) is 16.3. The van der Waals surface area contributed by atoms with E-state index in [9.17, 15) is 9.59 Å². The first-order chi connectivity index (χ1) is 13.5. The number of ether oxygens (including phenoxy) is 1. The molecule has 2 aliphatic heterocycles. The minimum atomic E-state index is -0.508. The van der Waals surface area contributed by atoms with E-state index < -0.39 is 5.54 Å². The molecule has 1 unspecified atom stereocenters. The van der Waals surface area contributed by atoms with Gasteiger partial charge in [0, 0.05) is 51.4 Å². The molecular formula is C22H25N3O3. The van der Waals surface area contributed by atoms with Gasteiger partial charge in [0.1, 0.15) is 12.1 Å². The van der Waals surface area contributed by atoms with Gasteiger partial charge >= 0.3 is 6.09 Å². The molecule has 2 fully saturated rings. The Morgan fingerprint density at radius 3 is 2.64 bits per heavy atom. The molecule has 0 radical (unpaired) electrons. The molecule has 2 aliphatic rings. The molecule has 2 saturated heterocycles. The molecule has 146 valence electrons. The normalized spacial score (nSPS) is 21.3. The van der Waals surface area contributed by atoms with Crippen LogP contribution in [-0.2, 0) is 11.2 Å². The highest BCUT2D eigenvalue weighted by Crippen LogP contribution is 2.33. The minimum absolute atomic E-state index is 0.00450. The Morgan fingerprint density at radius 1 is 1.11 bits per heavy atom. The lowest BCUT2D eigenvalue weighted by Gasteiger charge is -2.44. The van der Waals surface area contributed by atoms with Gasteiger partial charge in [-0.05, 0) is 23.8 Å². The van der Waals surface area contributed by atoms with Crippen LogP contribution in [0.25, 0.3) is 0 Å². The number of cyclic esters (lactones) is 1. The van der Waals surface area contributed by atoms with E-state index in [0.29, 0.717) is 38.2 Å². The fourth-order valence-electron chi connectivity index (χ4n) is 4.11. The topological polar surface area (TPSA) is 53.1 Å². The van der Waals surface area contributed by atoms with Gasteiger partial charge in [0.25, 0.3) is 5.91 Å². The number of amides is 2. The van der Waals surface area contributed by atoms with Crippen LogP contribution in [0.3, 0.4) is 0 Å². The van der Waals surface area contributed by atoms with Crippen molar-refractivity contribution in [3.63, 3.8) is 0 Å². The molecule has 6 heteroatoms. The lowest BCUT2D eigenvalue weighted by molar-refractivity contribution is 0.0375. The van der Waals surface area contributed by atoms with Crippen LogP contribution >= 0.6 is 0 Å². The summed E-state index contributed by atoms with van der Waals surface area (Å²) in [7, 11) is 3.91. The Balaban J connectivity index is 1.59. The number of carbonyl (C=O) groups is 2. The summed E-state index contributed by atoms with van der Waals surface area (Å²) in [4.78, 5) is 31.1. The van der Waals surface area contributed by atoms with Crippen LogP contribution < -0.4 is 4.90 Å². The van der Waals surface area contributed by atoms with Gasteiger partial charge in [-0.15, -0.1) is 0 Å². The average molecular weight is 379 g/mol. The van der Waals surface area contributed by atoms with E-state index in [2.05, 4.69) is 12.1 Å². The molecule has 4 rings (SSSR count). The van der Waals surface area contributed by atoms with Crippen LogP contribution in [0, 0.1) is 0 Å². The number of fused-ring (bicyclic) bond motifs is 1. The molecule has 0 bridgehead atoms. The van der Waals surface area contributed by atoms with E-state index in [1.54, 1.807) is 4.90 Å². The number of carbonyl (C=O) groups excluding carboxylic acids is 2. The summed E-state index contributed by atoms with van der Waals surface area (Å²) in [6.45, 7) is 1.78. The molecular weight excluding hydrogens is 354 g/mol. The number of rotatable bonds is 4. The highest BCUT2D eigenvalue weighted by Gasteiger charge is 2.51. The molecule has 2 aromatic carbocycles. The second-order valence-electron chi connectivity index (χ2n) is 7.76. The lowest BCUT2D eigenvalue weighted by Crippen LogP contribution is -2.63. The van der Waals surface area contributed by atoms with Crippen LogP contribution in [0.1, 0.15) is 15.9 Å². The molecule has 0 N–H and O–H groups in total. The Kier molecular flexibility index (Phi) is 4.71. The van der Waals surface area contributed by atoms with E-state index in [1.165, 1.54) is 0 Å². The Labute approximate surface area is 165 Å². The largest absolute Gasteiger partial charge is 0.447 e. The number of piperazine rings is 1. The third-order valence-electron chi connectivity index (χ3n) is 5.61. The zero-order valence-corrected chi connectivity index (χ0v) is 16.3. The Hall–Kier alpha value is -3.02. The van der Waals surface area contributed by atoms with Crippen molar-refractivity contribution in [2.45, 2.75) is 12.0 Å². The van der Waals surface area contributed by atoms with Crippen molar-refractivity contribution in [3.8, 4) is 0 Å². The van der Waals surface area contributed by atoms with Crippen LogP contribution in [-0.4, -0.2) is 67.7 Å². The number of benzene rings is 2. The second kappa shape index (κ2) is 7.19. The lowest BCUT2D eigenvalue weighted by atomic mass is 9.88. The second-order valence-corrected chi connectivity index (χ2v) is 7.76. The number of hydrogen-bond acceptors (Lipinski definition) is 4. The first-order valence-corrected chi connectivity index (χ1v) is 9.53. The molecule has 0 saturated carbocycles. The van der Waals surface area contributed by atoms with Crippen molar-refractivity contribution >= 4 is 17.7 Å². The van der Waals surface area contributed by atoms with Crippen molar-refractivity contribution in [1.82, 2.24) is 9.80 Å². The van der Waals surface area contributed by atoms with Crippen LogP contribution in [0.5, 0.6) is 0 Å². The van der Waals surface area contributed by atoms with E-state index in [-0.39, 0.29) is 12.0 Å². The number of nitrogens with zero attached hydrogens (tertiary/aromatic N) is 3. The molecule has 2 heterocycles. The fourth-order valence-corrected chi connectivity index (χ4v) is 4.11. The van der Waals surface area contributed by atoms with Gasteiger partial charge in [0.15, 0.2) is 0 Å². The molecule has 6 nitrogen and oxygen atoms in total. The number of anilines is 1. The molecule has 0 aliphatic carbocycles. The van der Waals surface area contributed by atoms with Crippen molar-refractivity contribution in [1.29, 1.82) is 0 Å². The Morgan fingerprint density at radius 2 is 1.89 bits per heavy atom. The van der Waals surface area contributed by atoms with Crippen molar-refractivity contribution < 1.29 is 14.3 Å². The van der Waals surface area contributed by atoms with Crippen molar-refractivity contribution in [2.75, 3.05) is 45.2 Å². The highest BCUT2D eigenvalue weighted by atomic mass is 16.6. The van der Waals surface area contributed by atoms with Gasteiger partial charge in [-0.2, -0.15) is 0 Å². The summed E-state index contributed by atoms with van der Waals surface area (Å²) in [5.41, 5.74) is 2.28. The van der Waals surface area contributed by atoms with Gasteiger partial charge in [-0.1, -0.05) is 36.4 Å². The van der Waals surface area contributed by atoms with E-state index in [1.807, 2.05) is 66.4 Å². The summed E-state index contributed by atoms with van der Waals surface area (Å²) >= 11 is 0. The van der Waals surface area contributed by atoms with Gasteiger partial charge in [-0.25, -0.2) is 4.79 Å². The number of hydrogen-bond donors (Lipinski definition) is 0. The average Bonchev–Trinajstić information content (AvgIpc) is 3.04. The summed E-state index contributed by atoms with van der Waals surface area (Å²) in [6, 6.07) is 17.7. The minimum Gasteiger partial charge on any atom is -0.447 e. The van der Waals surface area contributed by atoms with Crippen LogP contribution in [0.2, 0.25) is 0 Å². The van der Waals surface area contributed by atoms with Crippen LogP contribution in [0.4, 0.5) is 10.5 Å². The SMILES string of the molecule is CN(C)c1cccc(C(=O)N2CCN3C(=O)OCC3(Cc3ccccc3)C2)c1. The van der Waals surface area contributed by atoms with Gasteiger partial charge in [0.05, 0.1) is 0 Å². The van der Waals surface area contributed by atoms with Crippen LogP contribution in [0.15, 0.2) is 54.6 Å². The quantitative estimate of drug-likeness (QED) is 0.820. The van der Waals surface area contributed by atoms with Gasteiger partial charge in [0.2, 0.25) is 0 Å². The maximum atomic E-state index is 13.2. The Bertz CT molecular complexity index is 884. The molecule has 28 heavy (non-hydrogen) atoms. The van der Waals surface area contributed by atoms with E-state index in [0.717, 1.165) is 11.3 Å². The molecule has 2 amide bonds. The van der Waals surface area contributed by atoms with Crippen molar-refractivity contribution in [3.05, 3.63) is 65.7 Å². The molecule has 1 atom stereocenters. The molecule has 2 aromatic rings. The molecule has 0 aromatic heterocycles. The van der Waals surface area contributed by atoms with E-state index >= 15 is 0 Å². The highest BCUT2D eigenvalue weighted by molar-refractivity contribution is 5.95. The summed E-state index contributed by atoms with van der Waals surface area (Å²) < 4.78 is 5.40. The summed E-state index contributed by atoms with van der Waals surface area (Å²) in [6.07, 6.45) is 0.388. The van der Waals surface area contributed by atoms with Gasteiger partial charge in [-0.3, -0.25) is 9.69 Å². The van der Waals surface area contributed by atoms with Crippen molar-refractivity contribution in [2.24, 2.45) is 0 Å². The fraction of sp³-hybridized carbons (Fsp3) is 0.364. The monoisotopic (exact) mass is 379 g/mol. The maximum Gasteiger partial charge on any atom is 0.410 e. The van der Waals surface area contributed by atoms with E-state index in [4.69, 9.17) is 4.74 Å². The third-order valence-corrected chi connectivity index (χ3v) is 5.61. The van der Waals surface area contributed by atoms with Gasteiger partial charge < -0.3 is 14.5 Å². The predicted octanol–water partition coefficient (Wildman–Crippen LogP) is 2.64. The molecule has 0 spiro atoms. The summed E-state index contributed by atoms with van der Waals surface area (Å²) in [5, 5.41) is 0. The summed E-state index contributed by atoms with van der Waals surface area (Å²) in [5.74, 6) is -0.00450.